The van der Waals surface area contributed by atoms with Crippen LogP contribution in [-0.4, -0.2) is 22.2 Å². The summed E-state index contributed by atoms with van der Waals surface area (Å²) in [6, 6.07) is 13.5. The van der Waals surface area contributed by atoms with Gasteiger partial charge >= 0.3 is 0 Å². The molecule has 0 bridgehead atoms. The first-order chi connectivity index (χ1) is 10.2. The monoisotopic (exact) mass is 281 g/mol. The number of nitrogens with zero attached hydrogens (tertiary/aromatic N) is 4. The molecule has 2 aromatic heterocycles. The first kappa shape index (κ1) is 13.1. The van der Waals surface area contributed by atoms with Crippen molar-refractivity contribution in [3.05, 3.63) is 54.4 Å². The summed E-state index contributed by atoms with van der Waals surface area (Å²) in [4.78, 5) is 10.7. The third-order valence-corrected chi connectivity index (χ3v) is 2.97. The van der Waals surface area contributed by atoms with E-state index in [1.165, 1.54) is 0 Å². The van der Waals surface area contributed by atoms with Gasteiger partial charge in [-0.15, -0.1) is 0 Å². The van der Waals surface area contributed by atoms with Gasteiger partial charge in [-0.05, 0) is 25.1 Å². The van der Waals surface area contributed by atoms with E-state index in [9.17, 15) is 0 Å². The normalized spacial score (nSPS) is 10.4. The third kappa shape index (κ3) is 3.00. The van der Waals surface area contributed by atoms with Crippen molar-refractivity contribution in [2.45, 2.75) is 6.92 Å². The predicted molar refractivity (Wildman–Crippen MR) is 81.1 cm³/mol. The van der Waals surface area contributed by atoms with Gasteiger partial charge in [0.25, 0.3) is 0 Å². The molecule has 0 unspecified atom stereocenters. The number of aromatic nitrogens is 3. The Morgan fingerprint density at radius 3 is 2.62 bits per heavy atom. The molecule has 6 heteroatoms. The summed E-state index contributed by atoms with van der Waals surface area (Å²) in [6.45, 7) is 1.84. The second-order valence-corrected chi connectivity index (χ2v) is 4.58. The van der Waals surface area contributed by atoms with E-state index < -0.39 is 0 Å². The molecular formula is C15H15N5O. The molecule has 3 aromatic rings. The largest absolute Gasteiger partial charge is 0.360 e. The molecule has 6 nitrogen and oxygen atoms in total. The molecule has 0 spiro atoms. The Morgan fingerprint density at radius 1 is 1.10 bits per heavy atom. The highest BCUT2D eigenvalue weighted by molar-refractivity contribution is 5.59. The third-order valence-electron chi connectivity index (χ3n) is 2.97. The summed E-state index contributed by atoms with van der Waals surface area (Å²) in [5, 5.41) is 6.97. The van der Waals surface area contributed by atoms with Crippen molar-refractivity contribution in [3.8, 4) is 0 Å². The smallest absolute Gasteiger partial charge is 0.231 e. The number of benzene rings is 1. The van der Waals surface area contributed by atoms with E-state index in [0.29, 0.717) is 17.6 Å². The van der Waals surface area contributed by atoms with E-state index in [4.69, 9.17) is 4.52 Å². The topological polar surface area (TPSA) is 67.1 Å². The zero-order valence-electron chi connectivity index (χ0n) is 11.8. The highest BCUT2D eigenvalue weighted by Crippen LogP contribution is 2.21. The molecule has 1 aromatic carbocycles. The lowest BCUT2D eigenvalue weighted by molar-refractivity contribution is 0.400. The predicted octanol–water partition coefficient (Wildman–Crippen LogP) is 3.28. The summed E-state index contributed by atoms with van der Waals surface area (Å²) in [6.07, 6.45) is 1.71. The minimum atomic E-state index is 0.603. The van der Waals surface area contributed by atoms with E-state index in [-0.39, 0.29) is 0 Å². The van der Waals surface area contributed by atoms with Crippen LogP contribution in [0.4, 0.5) is 23.3 Å². The number of anilines is 4. The molecule has 0 saturated heterocycles. The first-order valence-corrected chi connectivity index (χ1v) is 6.54. The number of nitrogens with one attached hydrogen (secondary N) is 1. The van der Waals surface area contributed by atoms with Gasteiger partial charge < -0.3 is 14.7 Å². The second-order valence-electron chi connectivity index (χ2n) is 4.58. The van der Waals surface area contributed by atoms with E-state index in [1.807, 2.05) is 55.3 Å². The summed E-state index contributed by atoms with van der Waals surface area (Å²) in [5.41, 5.74) is 1.02. The maximum absolute atomic E-state index is 5.02. The quantitative estimate of drug-likeness (QED) is 0.791. The maximum Gasteiger partial charge on any atom is 0.231 e. The van der Waals surface area contributed by atoms with Crippen molar-refractivity contribution in [2.24, 2.45) is 0 Å². The van der Waals surface area contributed by atoms with Crippen LogP contribution in [0.25, 0.3) is 0 Å². The van der Waals surface area contributed by atoms with E-state index in [0.717, 1.165) is 11.4 Å². The Kier molecular flexibility index (Phi) is 3.51. The van der Waals surface area contributed by atoms with Crippen LogP contribution in [0, 0.1) is 6.92 Å². The Hall–Kier alpha value is -2.89. The van der Waals surface area contributed by atoms with Crippen LogP contribution in [0.3, 0.4) is 0 Å². The highest BCUT2D eigenvalue weighted by atomic mass is 16.5. The van der Waals surface area contributed by atoms with Gasteiger partial charge in [0, 0.05) is 25.0 Å². The van der Waals surface area contributed by atoms with E-state index in [2.05, 4.69) is 20.4 Å². The van der Waals surface area contributed by atoms with Crippen LogP contribution < -0.4 is 10.2 Å². The van der Waals surface area contributed by atoms with Crippen molar-refractivity contribution < 1.29 is 4.52 Å². The maximum atomic E-state index is 5.02. The number of para-hydroxylation sites is 1. The minimum Gasteiger partial charge on any atom is -0.360 e. The van der Waals surface area contributed by atoms with Crippen LogP contribution in [0.15, 0.2) is 53.2 Å². The molecule has 0 aliphatic heterocycles. The molecule has 0 aliphatic rings. The number of hydrogen-bond acceptors (Lipinski definition) is 6. The summed E-state index contributed by atoms with van der Waals surface area (Å²) in [7, 11) is 1.93. The van der Waals surface area contributed by atoms with Crippen molar-refractivity contribution in [2.75, 3.05) is 17.3 Å². The number of aryl methyl sites for hydroxylation is 1. The number of rotatable bonds is 4. The van der Waals surface area contributed by atoms with Crippen molar-refractivity contribution >= 4 is 23.3 Å². The van der Waals surface area contributed by atoms with Crippen LogP contribution >= 0.6 is 0 Å². The number of hydrogen-bond donors (Lipinski definition) is 1. The van der Waals surface area contributed by atoms with Gasteiger partial charge in [-0.3, -0.25) is 0 Å². The molecule has 0 saturated carbocycles. The van der Waals surface area contributed by atoms with Crippen LogP contribution in [0.1, 0.15) is 5.76 Å². The Labute approximate surface area is 122 Å². The minimum absolute atomic E-state index is 0.603. The molecular weight excluding hydrogens is 266 g/mol. The van der Waals surface area contributed by atoms with Crippen molar-refractivity contribution in [1.82, 2.24) is 15.1 Å². The lowest BCUT2D eigenvalue weighted by Gasteiger charge is -2.17. The molecule has 0 amide bonds. The molecule has 106 valence electrons. The van der Waals surface area contributed by atoms with Crippen LogP contribution in [-0.2, 0) is 0 Å². The van der Waals surface area contributed by atoms with Gasteiger partial charge in [0.15, 0.2) is 5.82 Å². The van der Waals surface area contributed by atoms with Gasteiger partial charge in [0.2, 0.25) is 5.95 Å². The summed E-state index contributed by atoms with van der Waals surface area (Å²) >= 11 is 0. The van der Waals surface area contributed by atoms with Crippen molar-refractivity contribution in [1.29, 1.82) is 0 Å². The van der Waals surface area contributed by atoms with Crippen LogP contribution in [0.5, 0.6) is 0 Å². The Balaban J connectivity index is 1.83. The van der Waals surface area contributed by atoms with Crippen molar-refractivity contribution in [3.63, 3.8) is 0 Å². The average Bonchev–Trinajstić information content (AvgIpc) is 2.93. The van der Waals surface area contributed by atoms with E-state index >= 15 is 0 Å². The lowest BCUT2D eigenvalue weighted by atomic mass is 10.3. The van der Waals surface area contributed by atoms with Gasteiger partial charge in [-0.2, -0.15) is 4.98 Å². The molecule has 0 aliphatic carbocycles. The fraction of sp³-hybridized carbons (Fsp3) is 0.133. The Morgan fingerprint density at radius 2 is 1.90 bits per heavy atom. The fourth-order valence-corrected chi connectivity index (χ4v) is 1.90. The standard InChI is InChI=1S/C15H15N5O/c1-11-10-14(19-21-11)17-13-8-9-16-15(18-13)20(2)12-6-4-3-5-7-12/h3-10H,1-2H3,(H,16,17,18,19). The molecule has 1 N–H and O–H groups in total. The zero-order chi connectivity index (χ0) is 14.7. The summed E-state index contributed by atoms with van der Waals surface area (Å²) < 4.78 is 5.02. The van der Waals surface area contributed by atoms with Gasteiger partial charge in [-0.25, -0.2) is 4.98 Å². The molecule has 0 atom stereocenters. The first-order valence-electron chi connectivity index (χ1n) is 6.54. The van der Waals surface area contributed by atoms with Gasteiger partial charge in [0.05, 0.1) is 0 Å². The average molecular weight is 281 g/mol. The van der Waals surface area contributed by atoms with Crippen LogP contribution in [0.2, 0.25) is 0 Å². The SMILES string of the molecule is Cc1cc(Nc2ccnc(N(C)c3ccccc3)n2)no1. The fourth-order valence-electron chi connectivity index (χ4n) is 1.90. The second kappa shape index (κ2) is 5.62. The van der Waals surface area contributed by atoms with Gasteiger partial charge in [0.1, 0.15) is 11.6 Å². The molecule has 2 heterocycles. The molecule has 3 rings (SSSR count). The summed E-state index contributed by atoms with van der Waals surface area (Å²) in [5.74, 6) is 2.63. The Bertz CT molecular complexity index is 726. The molecule has 0 fully saturated rings. The molecule has 21 heavy (non-hydrogen) atoms. The highest BCUT2D eigenvalue weighted by Gasteiger charge is 2.08. The lowest BCUT2D eigenvalue weighted by Crippen LogP contribution is -2.13. The van der Waals surface area contributed by atoms with E-state index in [1.54, 1.807) is 12.3 Å². The zero-order valence-corrected chi connectivity index (χ0v) is 11.8. The molecule has 0 radical (unpaired) electrons. The van der Waals surface area contributed by atoms with Gasteiger partial charge in [-0.1, -0.05) is 23.4 Å².